The first-order valence-corrected chi connectivity index (χ1v) is 19.1. The predicted molar refractivity (Wildman–Crippen MR) is 176 cm³/mol. The minimum absolute atomic E-state index is 0.00638. The number of carbonyl (C=O) groups excluding carboxylic acids is 2. The van der Waals surface area contributed by atoms with Gasteiger partial charge in [-0.15, -0.1) is 3.71 Å². The van der Waals surface area contributed by atoms with Crippen LogP contribution < -0.4 is 8.61 Å². The van der Waals surface area contributed by atoms with Crippen LogP contribution in [0.15, 0.2) is 66.4 Å². The van der Waals surface area contributed by atoms with E-state index in [2.05, 4.69) is 9.97 Å². The molecule has 3 aliphatic heterocycles. The van der Waals surface area contributed by atoms with Gasteiger partial charge < -0.3 is 14.7 Å². The summed E-state index contributed by atoms with van der Waals surface area (Å²) in [5.41, 5.74) is 0.519. The standard InChI is InChI=1S/C32H35F3N6O6S2/c1-21-6-5-15-38(2)25(27(21)22-7-8-26(37-18-22)41(48(3,44)45)49(4,46)47)20-40-24-19-36-14-9-23(24)30(28(40)42)12-16-39(17-13-30)29(43)31(10-11-31)32(33,34)35/h5-9,14-15,18-19H,10-13,16-17,20H2,1-4H3. The number of allylic oxidation sites excluding steroid dienone is 4. The number of fused-ring (bicyclic) bond motifs is 2. The van der Waals surface area contributed by atoms with Crippen molar-refractivity contribution in [3.8, 4) is 0 Å². The molecule has 2 aromatic rings. The molecule has 1 spiro atoms. The summed E-state index contributed by atoms with van der Waals surface area (Å²) in [7, 11) is -6.63. The van der Waals surface area contributed by atoms with E-state index in [0.717, 1.165) is 18.1 Å². The van der Waals surface area contributed by atoms with Crippen molar-refractivity contribution in [3.05, 3.63) is 77.5 Å². The molecule has 1 aliphatic carbocycles. The summed E-state index contributed by atoms with van der Waals surface area (Å²) in [6.07, 6.45) is 6.78. The van der Waals surface area contributed by atoms with Gasteiger partial charge in [0.15, 0.2) is 5.82 Å². The molecule has 0 unspecified atom stereocenters. The number of pyridine rings is 2. The number of rotatable bonds is 7. The van der Waals surface area contributed by atoms with Crippen LogP contribution in [0.3, 0.4) is 0 Å². The molecule has 12 nitrogen and oxygen atoms in total. The number of hydrogen-bond acceptors (Lipinski definition) is 9. The van der Waals surface area contributed by atoms with Crippen LogP contribution in [0, 0.1) is 5.41 Å². The summed E-state index contributed by atoms with van der Waals surface area (Å²) in [5.74, 6) is -1.48. The quantitative estimate of drug-likeness (QED) is 0.420. The summed E-state index contributed by atoms with van der Waals surface area (Å²) in [5, 5.41) is 0. The van der Waals surface area contributed by atoms with E-state index in [1.165, 1.54) is 17.2 Å². The molecular weight excluding hydrogens is 686 g/mol. The molecule has 2 amide bonds. The Hall–Kier alpha value is -4.25. The molecule has 2 aromatic heterocycles. The van der Waals surface area contributed by atoms with E-state index in [0.29, 0.717) is 28.1 Å². The second-order valence-corrected chi connectivity index (χ2v) is 16.9. The van der Waals surface area contributed by atoms with Crippen molar-refractivity contribution in [2.24, 2.45) is 5.41 Å². The number of sulfonamides is 2. The van der Waals surface area contributed by atoms with Gasteiger partial charge in [-0.3, -0.25) is 14.6 Å². The number of aromatic nitrogens is 2. The van der Waals surface area contributed by atoms with E-state index in [1.54, 1.807) is 36.5 Å². The SMILES string of the molecule is CC1=CC=CN(C)C(CN2C(=O)C3(CCN(C(=O)C4(C(F)(F)F)CC4)CC3)c3ccncc32)=C1c1ccc(N(S(C)(=O)=O)S(C)(=O)=O)nc1. The lowest BCUT2D eigenvalue weighted by Gasteiger charge is -2.40. The maximum atomic E-state index is 14.5. The second kappa shape index (κ2) is 11.7. The van der Waals surface area contributed by atoms with Gasteiger partial charge in [0.2, 0.25) is 31.9 Å². The third-order valence-electron chi connectivity index (χ3n) is 9.77. The fraction of sp³-hybridized carbons (Fsp3) is 0.438. The Bertz CT molecular complexity index is 2000. The fourth-order valence-electron chi connectivity index (χ4n) is 7.12. The summed E-state index contributed by atoms with van der Waals surface area (Å²) < 4.78 is 90.7. The highest BCUT2D eigenvalue weighted by atomic mass is 32.3. The summed E-state index contributed by atoms with van der Waals surface area (Å²) in [4.78, 5) is 40.7. The molecule has 0 radical (unpaired) electrons. The van der Waals surface area contributed by atoms with Crippen LogP contribution in [0.2, 0.25) is 0 Å². The first-order valence-electron chi connectivity index (χ1n) is 15.4. The number of anilines is 2. The van der Waals surface area contributed by atoms with Gasteiger partial charge in [-0.2, -0.15) is 13.2 Å². The number of alkyl halides is 3. The number of nitrogens with zero attached hydrogens (tertiary/aromatic N) is 6. The third-order valence-corrected chi connectivity index (χ3v) is 13.0. The van der Waals surface area contributed by atoms with Crippen molar-refractivity contribution in [3.63, 3.8) is 0 Å². The van der Waals surface area contributed by atoms with Gasteiger partial charge in [-0.1, -0.05) is 6.08 Å². The van der Waals surface area contributed by atoms with Crippen LogP contribution in [0.1, 0.15) is 43.7 Å². The second-order valence-electron chi connectivity index (χ2n) is 13.0. The lowest BCUT2D eigenvalue weighted by molar-refractivity contribution is -0.199. The highest BCUT2D eigenvalue weighted by molar-refractivity contribution is 8.09. The average Bonchev–Trinajstić information content (AvgIpc) is 3.82. The topological polar surface area (TPSA) is 141 Å². The van der Waals surface area contributed by atoms with E-state index in [-0.39, 0.29) is 60.8 Å². The molecule has 6 rings (SSSR count). The van der Waals surface area contributed by atoms with Gasteiger partial charge in [0.05, 0.1) is 36.4 Å². The van der Waals surface area contributed by atoms with E-state index in [1.807, 2.05) is 30.2 Å². The minimum Gasteiger partial charge on any atom is -0.352 e. The van der Waals surface area contributed by atoms with Crippen LogP contribution in [-0.2, 0) is 35.1 Å². The molecule has 49 heavy (non-hydrogen) atoms. The van der Waals surface area contributed by atoms with Gasteiger partial charge >= 0.3 is 6.18 Å². The minimum atomic E-state index is -4.62. The number of piperidine rings is 1. The molecule has 262 valence electrons. The highest BCUT2D eigenvalue weighted by Gasteiger charge is 2.69. The van der Waals surface area contributed by atoms with Crippen LogP contribution in [-0.4, -0.2) is 93.8 Å². The number of likely N-dealkylation sites (tertiary alicyclic amines) is 1. The fourth-order valence-corrected chi connectivity index (χ4v) is 9.99. The van der Waals surface area contributed by atoms with Gasteiger partial charge in [0, 0.05) is 55.6 Å². The molecule has 17 heteroatoms. The van der Waals surface area contributed by atoms with Gasteiger partial charge in [0.25, 0.3) is 0 Å². The first-order chi connectivity index (χ1) is 22.8. The van der Waals surface area contributed by atoms with Crippen molar-refractivity contribution >= 4 is 48.9 Å². The van der Waals surface area contributed by atoms with E-state index < -0.39 is 43.0 Å². The number of hydrogen-bond donors (Lipinski definition) is 0. The zero-order valence-electron chi connectivity index (χ0n) is 27.2. The van der Waals surface area contributed by atoms with Gasteiger partial charge in [-0.25, -0.2) is 21.8 Å². The molecule has 0 atom stereocenters. The van der Waals surface area contributed by atoms with Crippen molar-refractivity contribution < 1.29 is 39.6 Å². The molecule has 5 heterocycles. The Morgan fingerprint density at radius 1 is 1.00 bits per heavy atom. The third kappa shape index (κ3) is 5.79. The van der Waals surface area contributed by atoms with Gasteiger partial charge in [-0.05, 0) is 68.0 Å². The van der Waals surface area contributed by atoms with E-state index in [9.17, 15) is 39.6 Å². The Kier molecular flexibility index (Phi) is 8.25. The summed E-state index contributed by atoms with van der Waals surface area (Å²) in [6.45, 7) is 1.93. The molecule has 4 aliphatic rings. The molecular formula is C32H35F3N6O6S2. The summed E-state index contributed by atoms with van der Waals surface area (Å²) in [6, 6.07) is 4.60. The Morgan fingerprint density at radius 3 is 2.20 bits per heavy atom. The van der Waals surface area contributed by atoms with E-state index >= 15 is 0 Å². The maximum absolute atomic E-state index is 14.5. The largest absolute Gasteiger partial charge is 0.403 e. The van der Waals surface area contributed by atoms with Crippen molar-refractivity contribution in [2.75, 3.05) is 47.8 Å². The highest BCUT2D eigenvalue weighted by Crippen LogP contribution is 2.59. The Balaban J connectivity index is 1.34. The smallest absolute Gasteiger partial charge is 0.352 e. The normalized spacial score (nSPS) is 20.3. The lowest BCUT2D eigenvalue weighted by atomic mass is 9.73. The monoisotopic (exact) mass is 720 g/mol. The van der Waals surface area contributed by atoms with E-state index in [4.69, 9.17) is 0 Å². The zero-order valence-corrected chi connectivity index (χ0v) is 28.9. The lowest BCUT2D eigenvalue weighted by Crippen LogP contribution is -2.53. The average molecular weight is 721 g/mol. The van der Waals surface area contributed by atoms with Gasteiger partial charge in [0.1, 0.15) is 5.41 Å². The number of carbonyl (C=O) groups is 2. The number of likely N-dealkylation sites (N-methyl/N-ethyl adjacent to an activating group) is 1. The van der Waals surface area contributed by atoms with Crippen LogP contribution >= 0.6 is 0 Å². The first kappa shape index (κ1) is 34.6. The van der Waals surface area contributed by atoms with Crippen LogP contribution in [0.4, 0.5) is 24.7 Å². The Morgan fingerprint density at radius 2 is 1.65 bits per heavy atom. The molecule has 0 bridgehead atoms. The van der Waals surface area contributed by atoms with Crippen molar-refractivity contribution in [1.82, 2.24) is 19.8 Å². The van der Waals surface area contributed by atoms with Crippen LogP contribution in [0.5, 0.6) is 0 Å². The molecule has 2 fully saturated rings. The van der Waals surface area contributed by atoms with Crippen molar-refractivity contribution in [1.29, 1.82) is 0 Å². The molecule has 0 N–H and O–H groups in total. The summed E-state index contributed by atoms with van der Waals surface area (Å²) >= 11 is 0. The number of halogens is 3. The van der Waals surface area contributed by atoms with Crippen LogP contribution in [0.25, 0.3) is 5.57 Å². The molecule has 1 saturated carbocycles. The predicted octanol–water partition coefficient (Wildman–Crippen LogP) is 3.57. The molecule has 0 aromatic carbocycles. The maximum Gasteiger partial charge on any atom is 0.403 e. The zero-order chi connectivity index (χ0) is 35.7. The number of amides is 2. The Labute approximate surface area is 282 Å². The van der Waals surface area contributed by atoms with Crippen molar-refractivity contribution in [2.45, 2.75) is 44.2 Å². The molecule has 1 saturated heterocycles.